The Morgan fingerprint density at radius 3 is 2.88 bits per heavy atom. The molecule has 0 spiro atoms. The average Bonchev–Trinajstić information content (AvgIpc) is 3.19. The topological polar surface area (TPSA) is 87.5 Å². The number of amides is 2. The Morgan fingerprint density at radius 1 is 1.27 bits per heavy atom. The van der Waals surface area contributed by atoms with Gasteiger partial charge in [0.25, 0.3) is 11.8 Å². The van der Waals surface area contributed by atoms with Crippen molar-refractivity contribution in [1.82, 2.24) is 15.4 Å². The van der Waals surface area contributed by atoms with E-state index in [0.717, 1.165) is 4.47 Å². The van der Waals surface area contributed by atoms with Crippen LogP contribution in [0.2, 0.25) is 0 Å². The Labute approximate surface area is 157 Å². The first-order valence-electron chi connectivity index (χ1n) is 7.77. The molecule has 2 N–H and O–H groups in total. The molecule has 0 aliphatic carbocycles. The fourth-order valence-electron chi connectivity index (χ4n) is 2.71. The van der Waals surface area contributed by atoms with Gasteiger partial charge in [-0.05, 0) is 42.5 Å². The van der Waals surface area contributed by atoms with Crippen molar-refractivity contribution in [2.75, 3.05) is 5.32 Å². The third kappa shape index (κ3) is 2.95. The van der Waals surface area contributed by atoms with Crippen LogP contribution in [0, 0.1) is 0 Å². The van der Waals surface area contributed by atoms with E-state index in [9.17, 15) is 9.59 Å². The predicted octanol–water partition coefficient (Wildman–Crippen LogP) is 3.35. The van der Waals surface area contributed by atoms with E-state index in [0.29, 0.717) is 22.6 Å². The molecule has 1 unspecified atom stereocenters. The number of pyridine rings is 1. The molecular formula is C18H13BrN4O3. The quantitative estimate of drug-likeness (QED) is 0.688. The van der Waals surface area contributed by atoms with Crippen LogP contribution in [0.5, 0.6) is 0 Å². The van der Waals surface area contributed by atoms with E-state index in [-0.39, 0.29) is 5.91 Å². The second kappa shape index (κ2) is 6.64. The van der Waals surface area contributed by atoms with Crippen LogP contribution >= 0.6 is 15.9 Å². The van der Waals surface area contributed by atoms with E-state index in [1.54, 1.807) is 42.6 Å². The van der Waals surface area contributed by atoms with E-state index in [1.807, 2.05) is 6.07 Å². The number of hydrogen-bond donors (Lipinski definition) is 2. The molecule has 3 aromatic rings. The van der Waals surface area contributed by atoms with Crippen LogP contribution in [0.3, 0.4) is 0 Å². The molecular weight excluding hydrogens is 400 g/mol. The molecule has 0 saturated carbocycles. The van der Waals surface area contributed by atoms with Gasteiger partial charge in [-0.3, -0.25) is 20.0 Å². The van der Waals surface area contributed by atoms with Gasteiger partial charge in [0.15, 0.2) is 6.17 Å². The van der Waals surface area contributed by atoms with Gasteiger partial charge in [-0.1, -0.05) is 15.9 Å². The lowest BCUT2D eigenvalue weighted by molar-refractivity contribution is 0.0467. The minimum absolute atomic E-state index is 0.346. The lowest BCUT2D eigenvalue weighted by atomic mass is 10.1. The number of hydrogen-bond acceptors (Lipinski definition) is 5. The Morgan fingerprint density at radius 2 is 2.15 bits per heavy atom. The molecule has 4 rings (SSSR count). The molecule has 0 bridgehead atoms. The maximum absolute atomic E-state index is 13.0. The molecule has 1 aliphatic heterocycles. The zero-order valence-corrected chi connectivity index (χ0v) is 14.9. The minimum Gasteiger partial charge on any atom is -0.465 e. The Balaban J connectivity index is 1.71. The van der Waals surface area contributed by atoms with Crippen LogP contribution in [0.15, 0.2) is 70.0 Å². The summed E-state index contributed by atoms with van der Waals surface area (Å²) in [5.74, 6) is -0.291. The third-order valence-electron chi connectivity index (χ3n) is 3.94. The van der Waals surface area contributed by atoms with Crippen LogP contribution in [-0.4, -0.2) is 21.8 Å². The number of halogens is 1. The minimum atomic E-state index is -0.674. The molecule has 1 aliphatic rings. The number of anilines is 1. The maximum atomic E-state index is 13.0. The number of nitrogens with one attached hydrogen (secondary N) is 2. The van der Waals surface area contributed by atoms with E-state index in [2.05, 4.69) is 31.7 Å². The summed E-state index contributed by atoms with van der Waals surface area (Å²) in [5, 5.41) is 4.45. The molecule has 1 atom stereocenters. The van der Waals surface area contributed by atoms with Crippen LogP contribution in [0.25, 0.3) is 0 Å². The number of furan rings is 1. The molecule has 0 radical (unpaired) electrons. The van der Waals surface area contributed by atoms with Crippen LogP contribution in [0.1, 0.15) is 32.6 Å². The summed E-state index contributed by atoms with van der Waals surface area (Å²) in [6.07, 6.45) is 3.85. The monoisotopic (exact) mass is 412 g/mol. The fourth-order valence-corrected chi connectivity index (χ4v) is 3.07. The van der Waals surface area contributed by atoms with E-state index >= 15 is 0 Å². The largest absolute Gasteiger partial charge is 0.465 e. The number of nitrogens with zero attached hydrogens (tertiary/aromatic N) is 2. The first-order chi connectivity index (χ1) is 12.6. The summed E-state index contributed by atoms with van der Waals surface area (Å²) in [6, 6.07) is 12.1. The maximum Gasteiger partial charge on any atom is 0.276 e. The molecule has 0 saturated heterocycles. The summed E-state index contributed by atoms with van der Waals surface area (Å²) in [4.78, 5) is 29.5. The standard InChI is InChI=1S/C18H13BrN4O3/c19-12-5-6-14-13(9-12)18(25)23(16(21-14)15-4-2-8-26-15)22-17(24)11-3-1-7-20-10-11/h1-10,16,21H,(H,22,24). The number of carbonyl (C=O) groups is 2. The molecule has 7 nitrogen and oxygen atoms in total. The first kappa shape index (κ1) is 16.3. The predicted molar refractivity (Wildman–Crippen MR) is 97.1 cm³/mol. The van der Waals surface area contributed by atoms with Crippen LogP contribution in [-0.2, 0) is 0 Å². The highest BCUT2D eigenvalue weighted by atomic mass is 79.9. The fraction of sp³-hybridized carbons (Fsp3) is 0.0556. The van der Waals surface area contributed by atoms with Crippen LogP contribution in [0.4, 0.5) is 5.69 Å². The number of benzene rings is 1. The number of aromatic nitrogens is 1. The van der Waals surface area contributed by atoms with Gasteiger partial charge in [0.2, 0.25) is 0 Å². The van der Waals surface area contributed by atoms with Gasteiger partial charge in [0.1, 0.15) is 5.76 Å². The van der Waals surface area contributed by atoms with E-state index < -0.39 is 12.1 Å². The first-order valence-corrected chi connectivity index (χ1v) is 8.57. The van der Waals surface area contributed by atoms with Crippen molar-refractivity contribution >= 4 is 33.4 Å². The van der Waals surface area contributed by atoms with Crippen molar-refractivity contribution in [2.24, 2.45) is 0 Å². The Hall–Kier alpha value is -3.13. The molecule has 3 heterocycles. The van der Waals surface area contributed by atoms with Crippen molar-refractivity contribution in [3.8, 4) is 0 Å². The Bertz CT molecular complexity index is 960. The van der Waals surface area contributed by atoms with Gasteiger partial charge in [-0.25, -0.2) is 5.01 Å². The van der Waals surface area contributed by atoms with Gasteiger partial charge in [-0.15, -0.1) is 0 Å². The van der Waals surface area contributed by atoms with Crippen molar-refractivity contribution in [3.63, 3.8) is 0 Å². The summed E-state index contributed by atoms with van der Waals surface area (Å²) >= 11 is 3.37. The van der Waals surface area contributed by atoms with Gasteiger partial charge in [-0.2, -0.15) is 0 Å². The highest BCUT2D eigenvalue weighted by molar-refractivity contribution is 9.10. The van der Waals surface area contributed by atoms with Crippen molar-refractivity contribution in [1.29, 1.82) is 0 Å². The van der Waals surface area contributed by atoms with Crippen LogP contribution < -0.4 is 10.7 Å². The molecule has 1 aromatic carbocycles. The van der Waals surface area contributed by atoms with E-state index in [1.165, 1.54) is 17.5 Å². The highest BCUT2D eigenvalue weighted by Crippen LogP contribution is 2.33. The normalized spacial score (nSPS) is 16.0. The smallest absolute Gasteiger partial charge is 0.276 e. The van der Waals surface area contributed by atoms with Gasteiger partial charge in [0.05, 0.1) is 17.4 Å². The number of carbonyl (C=O) groups excluding carboxylic acids is 2. The van der Waals surface area contributed by atoms with Gasteiger partial charge >= 0.3 is 0 Å². The zero-order valence-electron chi connectivity index (χ0n) is 13.3. The van der Waals surface area contributed by atoms with Gasteiger partial charge < -0.3 is 9.73 Å². The third-order valence-corrected chi connectivity index (χ3v) is 4.43. The average molecular weight is 413 g/mol. The number of hydrazine groups is 1. The van der Waals surface area contributed by atoms with Crippen molar-refractivity contribution in [3.05, 3.63) is 82.5 Å². The Kier molecular flexibility index (Phi) is 4.18. The van der Waals surface area contributed by atoms with Crippen molar-refractivity contribution < 1.29 is 14.0 Å². The SMILES string of the molecule is O=C(NN1C(=O)c2cc(Br)ccc2NC1c1ccco1)c1cccnc1. The lowest BCUT2D eigenvalue weighted by Gasteiger charge is -2.36. The molecule has 26 heavy (non-hydrogen) atoms. The zero-order chi connectivity index (χ0) is 18.1. The highest BCUT2D eigenvalue weighted by Gasteiger charge is 2.36. The second-order valence-corrected chi connectivity index (χ2v) is 6.53. The molecule has 2 aromatic heterocycles. The molecule has 2 amide bonds. The number of fused-ring (bicyclic) bond motifs is 1. The second-order valence-electron chi connectivity index (χ2n) is 5.61. The summed E-state index contributed by atoms with van der Waals surface area (Å²) in [6.45, 7) is 0. The number of rotatable bonds is 3. The lowest BCUT2D eigenvalue weighted by Crippen LogP contribution is -2.52. The summed E-state index contributed by atoms with van der Waals surface area (Å²) in [5.41, 5.74) is 4.09. The van der Waals surface area contributed by atoms with Crippen molar-refractivity contribution in [2.45, 2.75) is 6.17 Å². The molecule has 8 heteroatoms. The molecule has 130 valence electrons. The molecule has 0 fully saturated rings. The van der Waals surface area contributed by atoms with Gasteiger partial charge in [0, 0.05) is 22.6 Å². The summed E-state index contributed by atoms with van der Waals surface area (Å²) in [7, 11) is 0. The van der Waals surface area contributed by atoms with E-state index in [4.69, 9.17) is 4.42 Å². The summed E-state index contributed by atoms with van der Waals surface area (Å²) < 4.78 is 6.21.